The molecule has 2 aromatic carbocycles. The molecule has 0 aromatic heterocycles. The zero-order valence-corrected chi connectivity index (χ0v) is 10.2. The molecule has 0 fully saturated rings. The van der Waals surface area contributed by atoms with Gasteiger partial charge < -0.3 is 12.9 Å². The molecule has 2 rings (SSSR count). The predicted molar refractivity (Wildman–Crippen MR) is 72.8 cm³/mol. The number of halogens is 4. The largest absolute Gasteiger partial charge is 0.510 e. The summed E-state index contributed by atoms with van der Waals surface area (Å²) in [5, 5.41) is 3.70. The average Bonchev–Trinajstić information content (AvgIpc) is 2.38. The second-order valence-corrected chi connectivity index (χ2v) is 4.08. The van der Waals surface area contributed by atoms with Gasteiger partial charge in [0.15, 0.2) is 0 Å². The van der Waals surface area contributed by atoms with E-state index in [4.69, 9.17) is 0 Å². The van der Waals surface area contributed by atoms with E-state index in [0.29, 0.717) is 5.69 Å². The van der Waals surface area contributed by atoms with Gasteiger partial charge in [-0.15, -0.1) is 0 Å². The molecule has 2 aromatic rings. The van der Waals surface area contributed by atoms with Crippen molar-refractivity contribution in [2.24, 2.45) is 5.10 Å². The van der Waals surface area contributed by atoms with Crippen LogP contribution in [0.2, 0.25) is 0 Å². The Bertz CT molecular complexity index is 612. The quantitative estimate of drug-likeness (QED) is 0.395. The summed E-state index contributed by atoms with van der Waals surface area (Å²) in [5.74, 6) is -0.741. The first kappa shape index (κ1) is 14.1. The van der Waals surface area contributed by atoms with Crippen LogP contribution in [0.3, 0.4) is 0 Å². The highest BCUT2D eigenvalue weighted by molar-refractivity contribution is 6.74. The molecule has 0 bridgehead atoms. The van der Waals surface area contributed by atoms with E-state index in [0.717, 1.165) is 24.4 Å². The van der Waals surface area contributed by atoms with Crippen LogP contribution in [0.1, 0.15) is 5.56 Å². The highest BCUT2D eigenvalue weighted by atomic mass is 19.4. The molecule has 0 radical (unpaired) electrons. The number of hydrazone groups is 1. The van der Waals surface area contributed by atoms with Gasteiger partial charge in [-0.3, -0.25) is 5.43 Å². The van der Waals surface area contributed by atoms with E-state index >= 15 is 0 Å². The van der Waals surface area contributed by atoms with Crippen molar-refractivity contribution in [1.82, 2.24) is 0 Å². The van der Waals surface area contributed by atoms with Crippen LogP contribution in [-0.4, -0.2) is 13.2 Å². The fraction of sp³-hybridized carbons (Fsp3) is 0. The summed E-state index contributed by atoms with van der Waals surface area (Å²) < 4.78 is 51.4. The normalized spacial score (nSPS) is 11.8. The van der Waals surface area contributed by atoms with Gasteiger partial charge in [0.1, 0.15) is 5.82 Å². The van der Waals surface area contributed by atoms with E-state index in [-0.39, 0.29) is 5.56 Å². The van der Waals surface area contributed by atoms with Crippen LogP contribution in [0.25, 0.3) is 0 Å². The van der Waals surface area contributed by atoms with Crippen molar-refractivity contribution in [1.29, 1.82) is 0 Å². The van der Waals surface area contributed by atoms with Crippen LogP contribution in [0.5, 0.6) is 0 Å². The predicted octanol–water partition coefficient (Wildman–Crippen LogP) is 3.33. The molecule has 0 aliphatic rings. The Labute approximate surface area is 113 Å². The van der Waals surface area contributed by atoms with Crippen LogP contribution in [0.15, 0.2) is 53.6 Å². The minimum absolute atomic E-state index is 0.305. The van der Waals surface area contributed by atoms with E-state index in [1.807, 2.05) is 0 Å². The molecule has 0 aliphatic carbocycles. The topological polar surface area (TPSA) is 24.4 Å². The van der Waals surface area contributed by atoms with Crippen molar-refractivity contribution in [3.05, 3.63) is 59.9 Å². The maximum Gasteiger partial charge on any atom is 0.510 e. The van der Waals surface area contributed by atoms with Gasteiger partial charge in [0.25, 0.3) is 0 Å². The molecule has 2 nitrogen and oxygen atoms in total. The molecular weight excluding hydrogens is 271 g/mol. The first-order chi connectivity index (χ1) is 9.47. The monoisotopic (exact) mass is 281 g/mol. The second kappa shape index (κ2) is 5.77. The van der Waals surface area contributed by atoms with Gasteiger partial charge in [0.2, 0.25) is 0 Å². The van der Waals surface area contributed by atoms with Gasteiger partial charge in [-0.05, 0) is 29.8 Å². The fourth-order valence-electron chi connectivity index (χ4n) is 1.64. The number of para-hydroxylation sites is 1. The lowest BCUT2D eigenvalue weighted by atomic mass is 9.77. The second-order valence-electron chi connectivity index (χ2n) is 4.08. The molecule has 0 saturated carbocycles. The Balaban J connectivity index is 2.22. The van der Waals surface area contributed by atoms with Gasteiger partial charge in [0.05, 0.1) is 11.9 Å². The molecule has 0 atom stereocenters. The number of anilines is 1. The van der Waals surface area contributed by atoms with Gasteiger partial charge in [0, 0.05) is 0 Å². The first-order valence-electron chi connectivity index (χ1n) is 5.80. The number of hydrogen-bond acceptors (Lipinski definition) is 2. The van der Waals surface area contributed by atoms with E-state index in [9.17, 15) is 17.3 Å². The number of nitrogens with one attached hydrogen (secondary N) is 1. The zero-order valence-electron chi connectivity index (χ0n) is 10.2. The highest BCUT2D eigenvalue weighted by Gasteiger charge is 2.27. The molecule has 0 spiro atoms. The molecular formula is C13H10BF4N2-. The Kier molecular flexibility index (Phi) is 4.07. The molecule has 0 unspecified atom stereocenters. The van der Waals surface area contributed by atoms with Crippen molar-refractivity contribution >= 4 is 24.3 Å². The Morgan fingerprint density at radius 2 is 1.70 bits per heavy atom. The van der Waals surface area contributed by atoms with Crippen molar-refractivity contribution in [3.63, 3.8) is 0 Å². The van der Waals surface area contributed by atoms with Gasteiger partial charge in [-0.1, -0.05) is 29.7 Å². The van der Waals surface area contributed by atoms with Crippen LogP contribution in [0, 0.1) is 5.82 Å². The standard InChI is InChI=1S/C13H10BF4N2/c15-11-6-7-13(14(16,17)18)10(8-11)9-19-20-12-4-2-1-3-5-12/h1-9,20H/q-1. The Morgan fingerprint density at radius 1 is 1.00 bits per heavy atom. The van der Waals surface area contributed by atoms with Crippen molar-refractivity contribution in [3.8, 4) is 0 Å². The summed E-state index contributed by atoms with van der Waals surface area (Å²) in [4.78, 5) is 0. The van der Waals surface area contributed by atoms with Gasteiger partial charge >= 0.3 is 6.98 Å². The lowest BCUT2D eigenvalue weighted by Crippen LogP contribution is -2.37. The van der Waals surface area contributed by atoms with Gasteiger partial charge in [-0.2, -0.15) is 5.10 Å². The third-order valence-electron chi connectivity index (χ3n) is 2.57. The molecule has 0 amide bonds. The number of benzene rings is 2. The van der Waals surface area contributed by atoms with E-state index in [2.05, 4.69) is 10.5 Å². The van der Waals surface area contributed by atoms with E-state index in [1.165, 1.54) is 0 Å². The minimum Gasteiger partial charge on any atom is -0.445 e. The fourth-order valence-corrected chi connectivity index (χ4v) is 1.64. The summed E-state index contributed by atoms with van der Waals surface area (Å²) in [5.41, 5.74) is 2.03. The number of hydrogen-bond donors (Lipinski definition) is 1. The summed E-state index contributed by atoms with van der Waals surface area (Å²) in [6.45, 7) is -5.21. The Hall–Kier alpha value is -2.31. The molecule has 104 valence electrons. The van der Waals surface area contributed by atoms with E-state index < -0.39 is 18.3 Å². The first-order valence-corrected chi connectivity index (χ1v) is 5.80. The zero-order chi connectivity index (χ0) is 14.6. The molecule has 20 heavy (non-hydrogen) atoms. The third-order valence-corrected chi connectivity index (χ3v) is 2.57. The van der Waals surface area contributed by atoms with Crippen molar-refractivity contribution in [2.45, 2.75) is 0 Å². The van der Waals surface area contributed by atoms with Crippen molar-refractivity contribution < 1.29 is 17.3 Å². The van der Waals surface area contributed by atoms with Crippen molar-refractivity contribution in [2.75, 3.05) is 5.43 Å². The maximum atomic E-state index is 13.0. The van der Waals surface area contributed by atoms with Crippen LogP contribution in [-0.2, 0) is 0 Å². The highest BCUT2D eigenvalue weighted by Crippen LogP contribution is 2.12. The third kappa shape index (κ3) is 3.60. The molecule has 0 saturated heterocycles. The number of rotatable bonds is 4. The average molecular weight is 281 g/mol. The molecule has 7 heteroatoms. The maximum absolute atomic E-state index is 13.0. The summed E-state index contributed by atoms with van der Waals surface area (Å²) >= 11 is 0. The molecule has 1 N–H and O–H groups in total. The smallest absolute Gasteiger partial charge is 0.445 e. The van der Waals surface area contributed by atoms with Crippen LogP contribution in [0.4, 0.5) is 23.0 Å². The summed E-state index contributed by atoms with van der Waals surface area (Å²) in [6.07, 6.45) is 0.959. The lowest BCUT2D eigenvalue weighted by molar-refractivity contribution is 0.500. The Morgan fingerprint density at radius 3 is 2.35 bits per heavy atom. The van der Waals surface area contributed by atoms with Crippen LogP contribution >= 0.6 is 0 Å². The lowest BCUT2D eigenvalue weighted by Gasteiger charge is -2.17. The molecule has 0 aliphatic heterocycles. The van der Waals surface area contributed by atoms with Gasteiger partial charge in [-0.25, -0.2) is 4.39 Å². The number of nitrogens with zero attached hydrogens (tertiary/aromatic N) is 1. The summed E-state index contributed by atoms with van der Waals surface area (Å²) in [7, 11) is 0. The minimum atomic E-state index is -5.21. The SMILES string of the molecule is Fc1ccc([B-](F)(F)F)c(C=NNc2ccccc2)c1. The van der Waals surface area contributed by atoms with E-state index in [1.54, 1.807) is 30.3 Å². The summed E-state index contributed by atoms with van der Waals surface area (Å²) in [6, 6.07) is 11.0. The van der Waals surface area contributed by atoms with Crippen LogP contribution < -0.4 is 10.9 Å². The molecule has 0 heterocycles.